The molecule has 0 radical (unpaired) electrons. The summed E-state index contributed by atoms with van der Waals surface area (Å²) in [6.07, 6.45) is 4.20. The maximum absolute atomic E-state index is 11.8. The second-order valence-electron chi connectivity index (χ2n) is 6.34. The van der Waals surface area contributed by atoms with Crippen molar-refractivity contribution in [2.75, 3.05) is 0 Å². The molecule has 2 atom stereocenters. The van der Waals surface area contributed by atoms with E-state index in [0.717, 1.165) is 43.2 Å². The van der Waals surface area contributed by atoms with E-state index in [2.05, 4.69) is 0 Å². The fourth-order valence-corrected chi connectivity index (χ4v) is 3.50. The Labute approximate surface area is 125 Å². The van der Waals surface area contributed by atoms with Crippen LogP contribution < -0.4 is 0 Å². The van der Waals surface area contributed by atoms with Crippen molar-refractivity contribution in [3.05, 3.63) is 35.4 Å². The molecule has 2 fully saturated rings. The van der Waals surface area contributed by atoms with Crippen molar-refractivity contribution in [2.24, 2.45) is 0 Å². The zero-order chi connectivity index (χ0) is 15.1. The lowest BCUT2D eigenvalue weighted by Crippen LogP contribution is -2.42. The molecular weight excluding hydrogens is 268 g/mol. The van der Waals surface area contributed by atoms with Crippen molar-refractivity contribution >= 4 is 5.97 Å². The number of hydrogen-bond donors (Lipinski definition) is 1. The fourth-order valence-electron chi connectivity index (χ4n) is 3.50. The van der Waals surface area contributed by atoms with Crippen molar-refractivity contribution in [1.29, 1.82) is 0 Å². The Bertz CT molecular complexity index is 547. The highest BCUT2D eigenvalue weighted by Crippen LogP contribution is 2.51. The van der Waals surface area contributed by atoms with E-state index < -0.39 is 23.5 Å². The number of rotatable bonds is 2. The summed E-state index contributed by atoms with van der Waals surface area (Å²) in [5, 5.41) is 9.70. The SMILES string of the molecule is Cc1ccccc1[C@@H]1OC2(CCCCC2)O[C@@]1(C)C(=O)O. The fraction of sp³-hybridized carbons (Fsp3) is 0.588. The minimum Gasteiger partial charge on any atom is -0.479 e. The summed E-state index contributed by atoms with van der Waals surface area (Å²) in [5.74, 6) is -1.68. The molecule has 1 heterocycles. The molecule has 3 rings (SSSR count). The highest BCUT2D eigenvalue weighted by molar-refractivity contribution is 5.78. The second kappa shape index (κ2) is 5.11. The lowest BCUT2D eigenvalue weighted by Gasteiger charge is -2.32. The van der Waals surface area contributed by atoms with Crippen LogP contribution in [0, 0.1) is 6.92 Å². The number of hydrogen-bond acceptors (Lipinski definition) is 3. The molecule has 21 heavy (non-hydrogen) atoms. The van der Waals surface area contributed by atoms with Gasteiger partial charge in [-0.1, -0.05) is 30.7 Å². The van der Waals surface area contributed by atoms with Crippen LogP contribution in [-0.4, -0.2) is 22.5 Å². The first-order valence-electron chi connectivity index (χ1n) is 7.64. The summed E-state index contributed by atoms with van der Waals surface area (Å²) in [6, 6.07) is 7.78. The quantitative estimate of drug-likeness (QED) is 0.904. The van der Waals surface area contributed by atoms with Crippen molar-refractivity contribution < 1.29 is 19.4 Å². The Morgan fingerprint density at radius 3 is 2.52 bits per heavy atom. The molecule has 1 aromatic carbocycles. The van der Waals surface area contributed by atoms with Crippen LogP contribution in [0.25, 0.3) is 0 Å². The van der Waals surface area contributed by atoms with Crippen molar-refractivity contribution in [3.8, 4) is 0 Å². The predicted molar refractivity (Wildman–Crippen MR) is 77.9 cm³/mol. The standard InChI is InChI=1S/C17H22O4/c1-12-8-4-5-9-13(12)14-16(2,15(18)19)21-17(20-14)10-6-3-7-11-17/h4-5,8-9,14H,3,6-7,10-11H2,1-2H3,(H,18,19)/t14-,16+/m0/s1. The molecule has 2 aliphatic rings. The molecule has 1 aliphatic carbocycles. The van der Waals surface area contributed by atoms with Gasteiger partial charge in [0.2, 0.25) is 0 Å². The number of carboxylic acids is 1. The first-order valence-corrected chi connectivity index (χ1v) is 7.64. The van der Waals surface area contributed by atoms with Crippen LogP contribution in [0.2, 0.25) is 0 Å². The largest absolute Gasteiger partial charge is 0.479 e. The van der Waals surface area contributed by atoms with Gasteiger partial charge in [-0.25, -0.2) is 4.79 Å². The van der Waals surface area contributed by atoms with Gasteiger partial charge < -0.3 is 14.6 Å². The van der Waals surface area contributed by atoms with E-state index in [0.29, 0.717) is 0 Å². The Balaban J connectivity index is 2.01. The van der Waals surface area contributed by atoms with Gasteiger partial charge in [0.1, 0.15) is 6.10 Å². The lowest BCUT2D eigenvalue weighted by molar-refractivity contribution is -0.211. The summed E-state index contributed by atoms with van der Waals surface area (Å²) < 4.78 is 12.3. The van der Waals surface area contributed by atoms with E-state index in [1.54, 1.807) is 6.92 Å². The molecule has 0 aromatic heterocycles. The lowest BCUT2D eigenvalue weighted by atomic mass is 9.90. The van der Waals surface area contributed by atoms with Gasteiger partial charge >= 0.3 is 5.97 Å². The minimum atomic E-state index is -1.33. The zero-order valence-corrected chi connectivity index (χ0v) is 12.6. The number of aryl methyl sites for hydroxylation is 1. The third kappa shape index (κ3) is 2.36. The molecule has 4 nitrogen and oxygen atoms in total. The predicted octanol–water partition coefficient (Wildman–Crippen LogP) is 3.59. The third-order valence-electron chi connectivity index (χ3n) is 4.74. The summed E-state index contributed by atoms with van der Waals surface area (Å²) in [7, 11) is 0. The number of benzene rings is 1. The zero-order valence-electron chi connectivity index (χ0n) is 12.6. The van der Waals surface area contributed by atoms with Gasteiger partial charge in [0.25, 0.3) is 0 Å². The van der Waals surface area contributed by atoms with Crippen LogP contribution in [-0.2, 0) is 14.3 Å². The minimum absolute atomic E-state index is 0.561. The Hall–Kier alpha value is -1.39. The molecule has 1 saturated carbocycles. The molecule has 1 N–H and O–H groups in total. The maximum Gasteiger partial charge on any atom is 0.338 e. The Morgan fingerprint density at radius 2 is 1.90 bits per heavy atom. The molecule has 1 spiro atoms. The average molecular weight is 290 g/mol. The molecule has 1 aliphatic heterocycles. The highest BCUT2D eigenvalue weighted by Gasteiger charge is 2.59. The normalized spacial score (nSPS) is 31.4. The van der Waals surface area contributed by atoms with Crippen molar-refractivity contribution in [1.82, 2.24) is 0 Å². The monoisotopic (exact) mass is 290 g/mol. The number of carboxylic acid groups (broad SMARTS) is 1. The van der Waals surface area contributed by atoms with Gasteiger partial charge in [0, 0.05) is 12.8 Å². The van der Waals surface area contributed by atoms with Gasteiger partial charge in [-0.2, -0.15) is 0 Å². The van der Waals surface area contributed by atoms with Crippen LogP contribution in [0.15, 0.2) is 24.3 Å². The summed E-state index contributed by atoms with van der Waals surface area (Å²) in [5.41, 5.74) is 0.611. The Kier molecular flexibility index (Phi) is 3.54. The van der Waals surface area contributed by atoms with Crippen LogP contribution in [0.4, 0.5) is 0 Å². The molecule has 0 bridgehead atoms. The summed E-state index contributed by atoms with van der Waals surface area (Å²) >= 11 is 0. The van der Waals surface area contributed by atoms with Crippen LogP contribution in [0.5, 0.6) is 0 Å². The average Bonchev–Trinajstić information content (AvgIpc) is 2.74. The molecule has 114 valence electrons. The number of aliphatic carboxylic acids is 1. The van der Waals surface area contributed by atoms with E-state index in [1.807, 2.05) is 31.2 Å². The van der Waals surface area contributed by atoms with Crippen molar-refractivity contribution in [3.63, 3.8) is 0 Å². The second-order valence-corrected chi connectivity index (χ2v) is 6.34. The van der Waals surface area contributed by atoms with Gasteiger partial charge in [0.15, 0.2) is 11.4 Å². The summed E-state index contributed by atoms with van der Waals surface area (Å²) in [6.45, 7) is 3.61. The van der Waals surface area contributed by atoms with Crippen LogP contribution in [0.1, 0.15) is 56.3 Å². The van der Waals surface area contributed by atoms with E-state index in [-0.39, 0.29) is 0 Å². The van der Waals surface area contributed by atoms with E-state index in [1.165, 1.54) is 0 Å². The summed E-state index contributed by atoms with van der Waals surface area (Å²) in [4.78, 5) is 11.8. The molecule has 1 saturated heterocycles. The van der Waals surface area contributed by atoms with Gasteiger partial charge in [0.05, 0.1) is 0 Å². The topological polar surface area (TPSA) is 55.8 Å². The van der Waals surface area contributed by atoms with Gasteiger partial charge in [-0.3, -0.25) is 0 Å². The first kappa shape index (κ1) is 14.5. The van der Waals surface area contributed by atoms with Crippen molar-refractivity contribution in [2.45, 2.75) is 63.4 Å². The van der Waals surface area contributed by atoms with E-state index in [4.69, 9.17) is 9.47 Å². The number of carbonyl (C=O) groups is 1. The third-order valence-corrected chi connectivity index (χ3v) is 4.74. The molecule has 4 heteroatoms. The molecule has 0 unspecified atom stereocenters. The Morgan fingerprint density at radius 1 is 1.24 bits per heavy atom. The smallest absolute Gasteiger partial charge is 0.338 e. The molecule has 1 aromatic rings. The number of ether oxygens (including phenoxy) is 2. The highest BCUT2D eigenvalue weighted by atomic mass is 16.8. The van der Waals surface area contributed by atoms with Crippen LogP contribution in [0.3, 0.4) is 0 Å². The molecular formula is C17H22O4. The van der Waals surface area contributed by atoms with E-state index in [9.17, 15) is 9.90 Å². The molecule has 0 amide bonds. The first-order chi connectivity index (χ1) is 9.97. The van der Waals surface area contributed by atoms with E-state index >= 15 is 0 Å². The van der Waals surface area contributed by atoms with Gasteiger partial charge in [-0.05, 0) is 37.8 Å². The van der Waals surface area contributed by atoms with Gasteiger partial charge in [-0.15, -0.1) is 0 Å². The maximum atomic E-state index is 11.8. The van der Waals surface area contributed by atoms with Crippen LogP contribution >= 0.6 is 0 Å².